The van der Waals surface area contributed by atoms with Crippen molar-refractivity contribution in [2.24, 2.45) is 0 Å². The third-order valence-electron chi connectivity index (χ3n) is 4.04. The molecule has 0 saturated carbocycles. The van der Waals surface area contributed by atoms with Gasteiger partial charge in [-0.25, -0.2) is 4.98 Å². The number of amides is 2. The summed E-state index contributed by atoms with van der Waals surface area (Å²) in [5.41, 5.74) is 1.12. The zero-order valence-corrected chi connectivity index (χ0v) is 16.3. The molecule has 0 aliphatic carbocycles. The van der Waals surface area contributed by atoms with Crippen LogP contribution in [0.3, 0.4) is 0 Å². The van der Waals surface area contributed by atoms with Gasteiger partial charge in [-0.15, -0.1) is 11.3 Å². The summed E-state index contributed by atoms with van der Waals surface area (Å²) in [6.45, 7) is 2.07. The normalized spacial score (nSPS) is 15.5. The lowest BCUT2D eigenvalue weighted by Crippen LogP contribution is -2.55. The molecular formula is C17H19BrN4O3S. The van der Waals surface area contributed by atoms with Crippen LogP contribution in [0.1, 0.15) is 10.5 Å². The quantitative estimate of drug-likeness (QED) is 0.649. The molecule has 0 bridgehead atoms. The number of halogens is 1. The minimum Gasteiger partial charge on any atom is -0.394 e. The van der Waals surface area contributed by atoms with Crippen LogP contribution in [0.5, 0.6) is 0 Å². The number of rotatable bonds is 5. The summed E-state index contributed by atoms with van der Waals surface area (Å²) in [5.74, 6) is -0.769. The van der Waals surface area contributed by atoms with E-state index >= 15 is 0 Å². The first-order valence-corrected chi connectivity index (χ1v) is 9.84. The van der Waals surface area contributed by atoms with Crippen LogP contribution in [0.4, 0.5) is 0 Å². The Morgan fingerprint density at radius 1 is 1.31 bits per heavy atom. The van der Waals surface area contributed by atoms with Crippen molar-refractivity contribution in [2.75, 3.05) is 32.8 Å². The minimum absolute atomic E-state index is 0.209. The molecule has 3 rings (SSSR count). The number of nitrogens with one attached hydrogen (secondary N) is 2. The zero-order chi connectivity index (χ0) is 18.5. The molecule has 1 atom stereocenters. The number of hydrogen-bond acceptors (Lipinski definition) is 6. The van der Waals surface area contributed by atoms with E-state index in [9.17, 15) is 14.7 Å². The molecule has 1 aromatic heterocycles. The van der Waals surface area contributed by atoms with Crippen LogP contribution in [0, 0.1) is 0 Å². The number of hydrogen-bond donors (Lipinski definition) is 3. The molecule has 0 radical (unpaired) electrons. The highest BCUT2D eigenvalue weighted by atomic mass is 79.9. The number of carbonyl (C=O) groups excluding carboxylic acids is 2. The Hall–Kier alpha value is -1.81. The fraction of sp³-hybridized carbons (Fsp3) is 0.353. The van der Waals surface area contributed by atoms with E-state index in [4.69, 9.17) is 0 Å². The van der Waals surface area contributed by atoms with E-state index < -0.39 is 18.6 Å². The summed E-state index contributed by atoms with van der Waals surface area (Å²) in [5, 5.41) is 16.0. The van der Waals surface area contributed by atoms with Crippen molar-refractivity contribution >= 4 is 39.1 Å². The molecule has 0 spiro atoms. The molecule has 9 heteroatoms. The Morgan fingerprint density at radius 3 is 2.65 bits per heavy atom. The molecule has 7 nitrogen and oxygen atoms in total. The van der Waals surface area contributed by atoms with E-state index in [0.29, 0.717) is 35.0 Å². The summed E-state index contributed by atoms with van der Waals surface area (Å²) in [7, 11) is 0. The first kappa shape index (κ1) is 19.0. The number of aromatic nitrogens is 1. The van der Waals surface area contributed by atoms with E-state index in [1.54, 1.807) is 4.90 Å². The molecule has 26 heavy (non-hydrogen) atoms. The second-order valence-electron chi connectivity index (χ2n) is 5.79. The Balaban J connectivity index is 1.72. The van der Waals surface area contributed by atoms with Gasteiger partial charge in [0.2, 0.25) is 5.91 Å². The predicted molar refractivity (Wildman–Crippen MR) is 103 cm³/mol. The van der Waals surface area contributed by atoms with Gasteiger partial charge in [0.05, 0.1) is 6.61 Å². The summed E-state index contributed by atoms with van der Waals surface area (Å²) in [4.78, 5) is 31.1. The molecule has 2 amide bonds. The van der Waals surface area contributed by atoms with Crippen LogP contribution in [-0.2, 0) is 4.79 Å². The average molecular weight is 439 g/mol. The van der Waals surface area contributed by atoms with Crippen molar-refractivity contribution < 1.29 is 14.7 Å². The maximum absolute atomic E-state index is 12.6. The van der Waals surface area contributed by atoms with Gasteiger partial charge < -0.3 is 20.6 Å². The zero-order valence-electron chi connectivity index (χ0n) is 13.9. The van der Waals surface area contributed by atoms with Gasteiger partial charge in [0, 0.05) is 31.7 Å². The van der Waals surface area contributed by atoms with E-state index in [1.807, 2.05) is 30.3 Å². The average Bonchev–Trinajstić information content (AvgIpc) is 3.08. The fourth-order valence-corrected chi connectivity index (χ4v) is 4.19. The third-order valence-corrected chi connectivity index (χ3v) is 5.79. The Morgan fingerprint density at radius 2 is 2.00 bits per heavy atom. The standard InChI is InChI=1S/C17H19BrN4O3S/c18-14-13(21-16(26-14)11-4-2-1-3-5-11)15(24)20-12(10-23)17(25)22-8-6-19-7-9-22/h1-5,12,19,23H,6-10H2,(H,20,24)/t12-/m0/s1. The van der Waals surface area contributed by atoms with E-state index in [1.165, 1.54) is 11.3 Å². The van der Waals surface area contributed by atoms with Gasteiger partial charge in [-0.2, -0.15) is 0 Å². The number of carbonyl (C=O) groups is 2. The van der Waals surface area contributed by atoms with Gasteiger partial charge >= 0.3 is 0 Å². The molecule has 138 valence electrons. The lowest BCUT2D eigenvalue weighted by molar-refractivity contribution is -0.134. The predicted octanol–water partition coefficient (Wildman–Crippen LogP) is 1.10. The van der Waals surface area contributed by atoms with Gasteiger partial charge in [-0.1, -0.05) is 30.3 Å². The summed E-state index contributed by atoms with van der Waals surface area (Å²) < 4.78 is 0.583. The summed E-state index contributed by atoms with van der Waals surface area (Å²) in [6.07, 6.45) is 0. The van der Waals surface area contributed by atoms with Crippen LogP contribution in [0.2, 0.25) is 0 Å². The minimum atomic E-state index is -0.977. The van der Waals surface area contributed by atoms with Crippen molar-refractivity contribution in [3.8, 4) is 10.6 Å². The molecule has 1 aliphatic rings. The second-order valence-corrected chi connectivity index (χ2v) is 8.11. The molecule has 1 aliphatic heterocycles. The topological polar surface area (TPSA) is 94.6 Å². The Kier molecular flexibility index (Phi) is 6.36. The number of aliphatic hydroxyl groups excluding tert-OH is 1. The lowest BCUT2D eigenvalue weighted by Gasteiger charge is -2.30. The van der Waals surface area contributed by atoms with Gasteiger partial charge in [-0.3, -0.25) is 9.59 Å². The van der Waals surface area contributed by atoms with Crippen molar-refractivity contribution in [1.82, 2.24) is 20.5 Å². The number of benzene rings is 1. The van der Waals surface area contributed by atoms with Crippen molar-refractivity contribution in [2.45, 2.75) is 6.04 Å². The van der Waals surface area contributed by atoms with E-state index in [0.717, 1.165) is 5.56 Å². The molecule has 2 heterocycles. The van der Waals surface area contributed by atoms with Gasteiger partial charge in [-0.05, 0) is 15.9 Å². The third kappa shape index (κ3) is 4.29. The molecule has 1 aromatic carbocycles. The van der Waals surface area contributed by atoms with Gasteiger partial charge in [0.1, 0.15) is 14.8 Å². The molecule has 1 fully saturated rings. The molecule has 1 saturated heterocycles. The van der Waals surface area contributed by atoms with Crippen LogP contribution in [-0.4, -0.2) is 65.6 Å². The smallest absolute Gasteiger partial charge is 0.272 e. The molecule has 3 N–H and O–H groups in total. The van der Waals surface area contributed by atoms with E-state index in [2.05, 4.69) is 31.5 Å². The monoisotopic (exact) mass is 438 g/mol. The largest absolute Gasteiger partial charge is 0.394 e. The van der Waals surface area contributed by atoms with E-state index in [-0.39, 0.29) is 11.6 Å². The number of aliphatic hydroxyl groups is 1. The number of nitrogens with zero attached hydrogens (tertiary/aromatic N) is 2. The summed E-state index contributed by atoms with van der Waals surface area (Å²) in [6, 6.07) is 8.56. The lowest BCUT2D eigenvalue weighted by atomic mass is 10.2. The van der Waals surface area contributed by atoms with Crippen LogP contribution in [0.25, 0.3) is 10.6 Å². The highest BCUT2D eigenvalue weighted by Gasteiger charge is 2.28. The number of thiazole rings is 1. The number of piperazine rings is 1. The van der Waals surface area contributed by atoms with Crippen LogP contribution in [0.15, 0.2) is 34.1 Å². The van der Waals surface area contributed by atoms with Gasteiger partial charge in [0.25, 0.3) is 5.91 Å². The second kappa shape index (κ2) is 8.72. The highest BCUT2D eigenvalue weighted by molar-refractivity contribution is 9.11. The van der Waals surface area contributed by atoms with Gasteiger partial charge in [0.15, 0.2) is 5.69 Å². The molecule has 2 aromatic rings. The highest BCUT2D eigenvalue weighted by Crippen LogP contribution is 2.31. The van der Waals surface area contributed by atoms with Crippen molar-refractivity contribution in [3.05, 3.63) is 39.8 Å². The van der Waals surface area contributed by atoms with Crippen LogP contribution >= 0.6 is 27.3 Å². The SMILES string of the molecule is O=C(N[C@@H](CO)C(=O)N1CCNCC1)c1nc(-c2ccccc2)sc1Br. The Labute approximate surface area is 163 Å². The first-order chi connectivity index (χ1) is 12.6. The van der Waals surface area contributed by atoms with Crippen LogP contribution < -0.4 is 10.6 Å². The molecular weight excluding hydrogens is 420 g/mol. The summed E-state index contributed by atoms with van der Waals surface area (Å²) >= 11 is 4.72. The maximum atomic E-state index is 12.6. The molecule has 0 unspecified atom stereocenters. The Bertz CT molecular complexity index is 778. The maximum Gasteiger partial charge on any atom is 0.272 e. The fourth-order valence-electron chi connectivity index (χ4n) is 2.66. The van der Waals surface area contributed by atoms with Crippen molar-refractivity contribution in [3.63, 3.8) is 0 Å². The first-order valence-electron chi connectivity index (χ1n) is 8.23. The van der Waals surface area contributed by atoms with Crippen molar-refractivity contribution in [1.29, 1.82) is 0 Å².